The maximum Gasteiger partial charge on any atom is 0.319 e. The first-order valence-corrected chi connectivity index (χ1v) is 10.2. The van der Waals surface area contributed by atoms with Crippen molar-refractivity contribution < 1.29 is 14.0 Å². The molecule has 31 heavy (non-hydrogen) atoms. The van der Waals surface area contributed by atoms with Gasteiger partial charge in [0, 0.05) is 34.6 Å². The lowest BCUT2D eigenvalue weighted by Crippen LogP contribution is -2.53. The second-order valence-corrected chi connectivity index (χ2v) is 7.61. The molecule has 1 atom stereocenters. The van der Waals surface area contributed by atoms with E-state index in [9.17, 15) is 14.0 Å². The average molecular weight is 439 g/mol. The fourth-order valence-corrected chi connectivity index (χ4v) is 3.62. The van der Waals surface area contributed by atoms with Crippen LogP contribution in [0.2, 0.25) is 5.02 Å². The molecule has 1 saturated heterocycles. The summed E-state index contributed by atoms with van der Waals surface area (Å²) in [5, 5.41) is 5.98. The summed E-state index contributed by atoms with van der Waals surface area (Å²) in [6.07, 6.45) is 2.80. The highest BCUT2D eigenvalue weighted by atomic mass is 35.5. The topological polar surface area (TPSA) is 74.3 Å². The molecule has 8 heteroatoms. The molecule has 6 nitrogen and oxygen atoms in total. The fraction of sp³-hybridized carbons (Fsp3) is 0.174. The van der Waals surface area contributed by atoms with E-state index >= 15 is 0 Å². The van der Waals surface area contributed by atoms with Gasteiger partial charge in [-0.3, -0.25) is 9.69 Å². The van der Waals surface area contributed by atoms with Crippen molar-refractivity contribution in [3.05, 3.63) is 77.7 Å². The third-order valence-corrected chi connectivity index (χ3v) is 5.31. The smallest absolute Gasteiger partial charge is 0.319 e. The predicted molar refractivity (Wildman–Crippen MR) is 119 cm³/mol. The van der Waals surface area contributed by atoms with Crippen LogP contribution in [0, 0.1) is 5.82 Å². The first-order chi connectivity index (χ1) is 15.0. The Morgan fingerprint density at radius 3 is 2.58 bits per heavy atom. The van der Waals surface area contributed by atoms with E-state index in [1.54, 1.807) is 65.7 Å². The molecule has 0 aliphatic carbocycles. The van der Waals surface area contributed by atoms with Gasteiger partial charge in [0.05, 0.1) is 0 Å². The lowest BCUT2D eigenvalue weighted by Gasteiger charge is -2.32. The number of nitrogens with one attached hydrogen (secondary N) is 2. The number of aromatic nitrogens is 1. The molecule has 2 aromatic carbocycles. The van der Waals surface area contributed by atoms with Crippen molar-refractivity contribution in [1.82, 2.24) is 10.3 Å². The number of piperidine rings is 1. The highest BCUT2D eigenvalue weighted by Gasteiger charge is 2.31. The molecule has 1 fully saturated rings. The molecule has 3 aromatic rings. The van der Waals surface area contributed by atoms with Crippen LogP contribution >= 0.6 is 11.6 Å². The number of pyridine rings is 1. The molecule has 0 unspecified atom stereocenters. The fourth-order valence-electron chi connectivity index (χ4n) is 3.50. The van der Waals surface area contributed by atoms with E-state index in [1.807, 2.05) is 0 Å². The minimum Gasteiger partial charge on any atom is -0.326 e. The zero-order valence-electron chi connectivity index (χ0n) is 16.5. The summed E-state index contributed by atoms with van der Waals surface area (Å²) in [4.78, 5) is 31.1. The molecule has 3 amide bonds. The van der Waals surface area contributed by atoms with Crippen LogP contribution < -0.4 is 15.5 Å². The third-order valence-electron chi connectivity index (χ3n) is 5.06. The molecule has 1 aliphatic rings. The molecule has 158 valence electrons. The summed E-state index contributed by atoms with van der Waals surface area (Å²) in [6.45, 7) is 0.502. The first-order valence-electron chi connectivity index (χ1n) is 9.87. The van der Waals surface area contributed by atoms with Gasteiger partial charge in [-0.25, -0.2) is 14.2 Å². The van der Waals surface area contributed by atoms with E-state index in [4.69, 9.17) is 11.6 Å². The number of carbonyl (C=O) groups excluding carboxylic acids is 2. The van der Waals surface area contributed by atoms with Gasteiger partial charge in [0.15, 0.2) is 0 Å². The molecule has 0 spiro atoms. The number of hydrogen-bond acceptors (Lipinski definition) is 3. The zero-order chi connectivity index (χ0) is 21.8. The lowest BCUT2D eigenvalue weighted by molar-refractivity contribution is -0.121. The number of carbonyl (C=O) groups is 2. The standard InChI is InChI=1S/C23H20ClFN4O2/c24-16-8-10-17(11-9-16)27-23(31)28-20-6-3-13-29(22(20)30)21-12-7-15(14-26-21)18-4-1-2-5-19(18)25/h1-2,4-5,7-12,14,20H,3,6,13H2,(H2,27,28,31)/t20-/m1/s1. The molecule has 2 N–H and O–H groups in total. The number of urea groups is 1. The number of amides is 3. The average Bonchev–Trinajstić information content (AvgIpc) is 2.77. The monoisotopic (exact) mass is 438 g/mol. The van der Waals surface area contributed by atoms with Gasteiger partial charge < -0.3 is 10.6 Å². The van der Waals surface area contributed by atoms with E-state index in [1.165, 1.54) is 6.07 Å². The van der Waals surface area contributed by atoms with Gasteiger partial charge in [-0.1, -0.05) is 29.8 Å². The van der Waals surface area contributed by atoms with Crippen LogP contribution in [0.1, 0.15) is 12.8 Å². The van der Waals surface area contributed by atoms with Crippen LogP contribution in [-0.2, 0) is 4.79 Å². The largest absolute Gasteiger partial charge is 0.326 e. The molecule has 0 bridgehead atoms. The Morgan fingerprint density at radius 1 is 1.10 bits per heavy atom. The SMILES string of the molecule is O=C(Nc1ccc(Cl)cc1)N[C@@H]1CCCN(c2ccc(-c3ccccc3F)cn2)C1=O. The summed E-state index contributed by atoms with van der Waals surface area (Å²) in [6, 6.07) is 15.4. The van der Waals surface area contributed by atoms with Crippen LogP contribution in [-0.4, -0.2) is 29.5 Å². The van der Waals surface area contributed by atoms with E-state index in [-0.39, 0.29) is 11.7 Å². The van der Waals surface area contributed by atoms with Crippen molar-refractivity contribution in [3.63, 3.8) is 0 Å². The van der Waals surface area contributed by atoms with E-state index < -0.39 is 12.1 Å². The molecule has 0 radical (unpaired) electrons. The number of hydrogen-bond donors (Lipinski definition) is 2. The Bertz CT molecular complexity index is 1090. The van der Waals surface area contributed by atoms with Gasteiger partial charge in [0.2, 0.25) is 0 Å². The van der Waals surface area contributed by atoms with Crippen LogP contribution in [0.3, 0.4) is 0 Å². The van der Waals surface area contributed by atoms with Crippen LogP contribution in [0.4, 0.5) is 20.7 Å². The van der Waals surface area contributed by atoms with Crippen molar-refractivity contribution in [1.29, 1.82) is 0 Å². The van der Waals surface area contributed by atoms with Gasteiger partial charge >= 0.3 is 6.03 Å². The normalized spacial score (nSPS) is 16.1. The maximum atomic E-state index is 14.0. The highest BCUT2D eigenvalue weighted by Crippen LogP contribution is 2.25. The Kier molecular flexibility index (Phi) is 6.13. The quantitative estimate of drug-likeness (QED) is 0.611. The maximum absolute atomic E-state index is 14.0. The minimum absolute atomic E-state index is 0.233. The second kappa shape index (κ2) is 9.14. The Morgan fingerprint density at radius 2 is 1.87 bits per heavy atom. The van der Waals surface area contributed by atoms with Crippen LogP contribution in [0.5, 0.6) is 0 Å². The van der Waals surface area contributed by atoms with Gasteiger partial charge in [-0.2, -0.15) is 0 Å². The molecule has 2 heterocycles. The van der Waals surface area contributed by atoms with Gasteiger partial charge in [-0.05, 0) is 55.3 Å². The summed E-state index contributed by atoms with van der Waals surface area (Å²) < 4.78 is 14.0. The Balaban J connectivity index is 1.43. The molecular formula is C23H20ClFN4O2. The van der Waals surface area contributed by atoms with Crippen molar-refractivity contribution in [2.75, 3.05) is 16.8 Å². The summed E-state index contributed by atoms with van der Waals surface area (Å²) in [5.74, 6) is -0.0968. The van der Waals surface area contributed by atoms with Gasteiger partial charge in [0.25, 0.3) is 5.91 Å². The number of halogens is 2. The number of nitrogens with zero attached hydrogens (tertiary/aromatic N) is 2. The second-order valence-electron chi connectivity index (χ2n) is 7.17. The molecule has 4 rings (SSSR count). The summed E-state index contributed by atoms with van der Waals surface area (Å²) in [7, 11) is 0. The zero-order valence-corrected chi connectivity index (χ0v) is 17.3. The van der Waals surface area contributed by atoms with Crippen LogP contribution in [0.15, 0.2) is 66.9 Å². The molecular weight excluding hydrogens is 419 g/mol. The van der Waals surface area contributed by atoms with Crippen LogP contribution in [0.25, 0.3) is 11.1 Å². The molecule has 0 saturated carbocycles. The Labute approximate surface area is 184 Å². The molecule has 1 aliphatic heterocycles. The van der Waals surface area contributed by atoms with E-state index in [2.05, 4.69) is 15.6 Å². The predicted octanol–water partition coefficient (Wildman–Crippen LogP) is 4.86. The van der Waals surface area contributed by atoms with Crippen molar-refractivity contribution in [2.24, 2.45) is 0 Å². The van der Waals surface area contributed by atoms with Crippen molar-refractivity contribution in [2.45, 2.75) is 18.9 Å². The van der Waals surface area contributed by atoms with E-state index in [0.717, 1.165) is 0 Å². The third kappa shape index (κ3) is 4.83. The Hall–Kier alpha value is -3.45. The molecule has 1 aromatic heterocycles. The van der Waals surface area contributed by atoms with Gasteiger partial charge in [0.1, 0.15) is 17.7 Å². The minimum atomic E-state index is -0.658. The number of anilines is 2. The van der Waals surface area contributed by atoms with Crippen molar-refractivity contribution >= 4 is 35.0 Å². The van der Waals surface area contributed by atoms with E-state index in [0.29, 0.717) is 47.0 Å². The van der Waals surface area contributed by atoms with Gasteiger partial charge in [-0.15, -0.1) is 0 Å². The summed E-state index contributed by atoms with van der Waals surface area (Å²) in [5.41, 5.74) is 1.65. The van der Waals surface area contributed by atoms with Crippen molar-refractivity contribution in [3.8, 4) is 11.1 Å². The number of benzene rings is 2. The summed E-state index contributed by atoms with van der Waals surface area (Å²) >= 11 is 5.85. The highest BCUT2D eigenvalue weighted by molar-refractivity contribution is 6.30. The lowest BCUT2D eigenvalue weighted by atomic mass is 10.0. The number of rotatable bonds is 4. The first kappa shape index (κ1) is 20.8.